The van der Waals surface area contributed by atoms with Crippen LogP contribution in [0.4, 0.5) is 0 Å². The molecule has 0 aliphatic rings. The molecule has 2 nitrogen and oxygen atoms in total. The van der Waals surface area contributed by atoms with Crippen molar-refractivity contribution in [3.8, 4) is 16.8 Å². The summed E-state index contributed by atoms with van der Waals surface area (Å²) in [6.07, 6.45) is 0. The van der Waals surface area contributed by atoms with Crippen molar-refractivity contribution in [2.24, 2.45) is 0 Å². The number of aromatic nitrogens is 1. The van der Waals surface area contributed by atoms with Gasteiger partial charge in [-0.1, -0.05) is 78.9 Å². The van der Waals surface area contributed by atoms with E-state index in [2.05, 4.69) is 150 Å². The predicted molar refractivity (Wildman–Crippen MR) is 201 cm³/mol. The summed E-state index contributed by atoms with van der Waals surface area (Å²) < 4.78 is 11.3. The standard InChI is InChI=1S/C44H25NOS/c1-2-10-28(11-3-1)45-39-15-7-4-12-29(39)36-24-34-33-23-38-31-14-6-9-17-43(31)47-44(38)22-27(33)21-32(35(34)25-40(36)45)26-18-19-42-37(20-26)30-13-5-8-16-41(30)46-42/h1-25H. The van der Waals surface area contributed by atoms with E-state index in [-0.39, 0.29) is 0 Å². The minimum Gasteiger partial charge on any atom is -0.456 e. The monoisotopic (exact) mass is 615 g/mol. The Bertz CT molecular complexity index is 3070. The van der Waals surface area contributed by atoms with E-state index in [1.165, 1.54) is 74.6 Å². The first-order chi connectivity index (χ1) is 23.3. The molecular weight excluding hydrogens is 591 g/mol. The van der Waals surface area contributed by atoms with Crippen LogP contribution in [0.25, 0.3) is 102 Å². The maximum Gasteiger partial charge on any atom is 0.135 e. The van der Waals surface area contributed by atoms with Crippen molar-refractivity contribution < 1.29 is 4.42 Å². The molecule has 3 aromatic heterocycles. The van der Waals surface area contributed by atoms with E-state index in [9.17, 15) is 0 Å². The third-order valence-electron chi connectivity index (χ3n) is 9.94. The first-order valence-corrected chi connectivity index (χ1v) is 16.8. The smallest absolute Gasteiger partial charge is 0.135 e. The van der Waals surface area contributed by atoms with Gasteiger partial charge in [0.25, 0.3) is 0 Å². The molecule has 0 fully saturated rings. The lowest BCUT2D eigenvalue weighted by molar-refractivity contribution is 0.669. The first-order valence-electron chi connectivity index (χ1n) is 16.0. The van der Waals surface area contributed by atoms with Gasteiger partial charge >= 0.3 is 0 Å². The van der Waals surface area contributed by atoms with Crippen LogP contribution in [-0.4, -0.2) is 4.57 Å². The number of hydrogen-bond acceptors (Lipinski definition) is 2. The van der Waals surface area contributed by atoms with Crippen molar-refractivity contribution >= 4 is 96.8 Å². The zero-order valence-corrected chi connectivity index (χ0v) is 26.0. The molecule has 0 saturated heterocycles. The Morgan fingerprint density at radius 2 is 1.15 bits per heavy atom. The van der Waals surface area contributed by atoms with Gasteiger partial charge in [-0.25, -0.2) is 0 Å². The highest BCUT2D eigenvalue weighted by atomic mass is 32.1. The molecule has 11 rings (SSSR count). The Balaban J connectivity index is 1.32. The van der Waals surface area contributed by atoms with Gasteiger partial charge in [0.15, 0.2) is 0 Å². The zero-order valence-electron chi connectivity index (χ0n) is 25.2. The van der Waals surface area contributed by atoms with Gasteiger partial charge in [-0.15, -0.1) is 11.3 Å². The van der Waals surface area contributed by atoms with Crippen LogP contribution in [0.3, 0.4) is 0 Å². The first kappa shape index (κ1) is 25.3. The molecule has 0 spiro atoms. The lowest BCUT2D eigenvalue weighted by Gasteiger charge is -2.14. The molecule has 11 aromatic rings. The Kier molecular flexibility index (Phi) is 5.02. The third-order valence-corrected chi connectivity index (χ3v) is 11.1. The molecule has 0 aliphatic heterocycles. The van der Waals surface area contributed by atoms with E-state index >= 15 is 0 Å². The van der Waals surface area contributed by atoms with E-state index < -0.39 is 0 Å². The average molecular weight is 616 g/mol. The second-order valence-electron chi connectivity index (χ2n) is 12.5. The van der Waals surface area contributed by atoms with Crippen molar-refractivity contribution in [2.45, 2.75) is 0 Å². The summed E-state index contributed by atoms with van der Waals surface area (Å²) in [6.45, 7) is 0. The molecule has 218 valence electrons. The zero-order chi connectivity index (χ0) is 30.6. The molecule has 0 saturated carbocycles. The van der Waals surface area contributed by atoms with Crippen LogP contribution in [0.5, 0.6) is 0 Å². The number of furan rings is 1. The molecule has 0 radical (unpaired) electrons. The molecule has 3 heteroatoms. The molecule has 0 unspecified atom stereocenters. The fourth-order valence-corrected chi connectivity index (χ4v) is 8.96. The van der Waals surface area contributed by atoms with Gasteiger partial charge in [0.2, 0.25) is 0 Å². The van der Waals surface area contributed by atoms with Crippen molar-refractivity contribution in [3.63, 3.8) is 0 Å². The van der Waals surface area contributed by atoms with E-state index in [4.69, 9.17) is 4.42 Å². The summed E-state index contributed by atoms with van der Waals surface area (Å²) >= 11 is 1.88. The van der Waals surface area contributed by atoms with Gasteiger partial charge in [-0.05, 0) is 105 Å². The second kappa shape index (κ2) is 9.32. The fraction of sp³-hybridized carbons (Fsp3) is 0. The van der Waals surface area contributed by atoms with Crippen LogP contribution in [-0.2, 0) is 0 Å². The minimum absolute atomic E-state index is 0.915. The number of nitrogens with zero attached hydrogens (tertiary/aromatic N) is 1. The number of thiophene rings is 1. The van der Waals surface area contributed by atoms with E-state index in [1.807, 2.05) is 17.4 Å². The number of benzene rings is 8. The predicted octanol–water partition coefficient (Wildman–Crippen LogP) is 13.0. The SMILES string of the molecule is c1ccc(-n2c3ccccc3c3cc4c(cc32)c(-c2ccc3oc5ccccc5c3c2)cc2cc3sc5ccccc5c3cc24)cc1. The van der Waals surface area contributed by atoms with Crippen LogP contribution in [0.1, 0.15) is 0 Å². The van der Waals surface area contributed by atoms with Crippen LogP contribution >= 0.6 is 11.3 Å². The number of para-hydroxylation sites is 3. The van der Waals surface area contributed by atoms with E-state index in [0.29, 0.717) is 0 Å². The minimum atomic E-state index is 0.915. The molecule has 47 heavy (non-hydrogen) atoms. The molecule has 3 heterocycles. The van der Waals surface area contributed by atoms with Crippen molar-refractivity contribution in [1.82, 2.24) is 4.57 Å². The van der Waals surface area contributed by atoms with Crippen molar-refractivity contribution in [3.05, 3.63) is 152 Å². The lowest BCUT2D eigenvalue weighted by Crippen LogP contribution is -1.93. The van der Waals surface area contributed by atoms with Crippen molar-refractivity contribution in [1.29, 1.82) is 0 Å². The molecule has 0 aliphatic carbocycles. The highest BCUT2D eigenvalue weighted by Crippen LogP contribution is 2.45. The number of rotatable bonds is 2. The van der Waals surface area contributed by atoms with Crippen LogP contribution in [0.2, 0.25) is 0 Å². The van der Waals surface area contributed by atoms with Crippen LogP contribution < -0.4 is 0 Å². The summed E-state index contributed by atoms with van der Waals surface area (Å²) in [6, 6.07) is 55.4. The Labute approximate surface area is 273 Å². The van der Waals surface area contributed by atoms with E-state index in [0.717, 1.165) is 27.6 Å². The van der Waals surface area contributed by atoms with Gasteiger partial charge in [-0.3, -0.25) is 0 Å². The topological polar surface area (TPSA) is 18.1 Å². The molecule has 8 aromatic carbocycles. The lowest BCUT2D eigenvalue weighted by atomic mass is 9.91. The fourth-order valence-electron chi connectivity index (χ4n) is 7.82. The van der Waals surface area contributed by atoms with Gasteiger partial charge in [0.05, 0.1) is 11.0 Å². The van der Waals surface area contributed by atoms with Gasteiger partial charge in [0.1, 0.15) is 11.2 Å². The van der Waals surface area contributed by atoms with Gasteiger partial charge < -0.3 is 8.98 Å². The second-order valence-corrected chi connectivity index (χ2v) is 13.6. The summed E-state index contributed by atoms with van der Waals surface area (Å²) in [4.78, 5) is 0. The van der Waals surface area contributed by atoms with Crippen molar-refractivity contribution in [2.75, 3.05) is 0 Å². The maximum atomic E-state index is 6.23. The van der Waals surface area contributed by atoms with Gasteiger partial charge in [0, 0.05) is 47.4 Å². The maximum absolute atomic E-state index is 6.23. The summed E-state index contributed by atoms with van der Waals surface area (Å²) in [5, 5.41) is 12.5. The van der Waals surface area contributed by atoms with E-state index in [1.54, 1.807) is 0 Å². The highest BCUT2D eigenvalue weighted by Gasteiger charge is 2.18. The largest absolute Gasteiger partial charge is 0.456 e. The van der Waals surface area contributed by atoms with Gasteiger partial charge in [-0.2, -0.15) is 0 Å². The molecule has 0 bridgehead atoms. The molecule has 0 atom stereocenters. The molecule has 0 amide bonds. The summed E-state index contributed by atoms with van der Waals surface area (Å²) in [7, 11) is 0. The normalized spacial score (nSPS) is 12.3. The highest BCUT2D eigenvalue weighted by molar-refractivity contribution is 7.25. The average Bonchev–Trinajstić information content (AvgIpc) is 3.78. The number of hydrogen-bond donors (Lipinski definition) is 0. The van der Waals surface area contributed by atoms with Crippen LogP contribution in [0.15, 0.2) is 156 Å². The Morgan fingerprint density at radius 1 is 0.404 bits per heavy atom. The Morgan fingerprint density at radius 3 is 2.06 bits per heavy atom. The Hall–Kier alpha value is -5.90. The number of fused-ring (bicyclic) bond motifs is 12. The van der Waals surface area contributed by atoms with Crippen LogP contribution in [0, 0.1) is 0 Å². The third kappa shape index (κ3) is 3.55. The molecular formula is C44H25NOS. The summed E-state index contributed by atoms with van der Waals surface area (Å²) in [5.41, 5.74) is 7.84. The quantitative estimate of drug-likeness (QED) is 0.177. The summed E-state index contributed by atoms with van der Waals surface area (Å²) in [5.74, 6) is 0. The molecule has 0 N–H and O–H groups in total.